The highest BCUT2D eigenvalue weighted by Gasteiger charge is 2.29. The molecule has 0 spiro atoms. The van der Waals surface area contributed by atoms with Gasteiger partial charge in [0, 0.05) is 11.8 Å². The topological polar surface area (TPSA) is 51.2 Å². The van der Waals surface area contributed by atoms with E-state index in [1.807, 2.05) is 12.1 Å². The van der Waals surface area contributed by atoms with Crippen molar-refractivity contribution in [2.75, 3.05) is 6.26 Å². The molecule has 98 valence electrons. The van der Waals surface area contributed by atoms with E-state index in [2.05, 4.69) is 0 Å². The number of hydrogen-bond acceptors (Lipinski definition) is 3. The van der Waals surface area contributed by atoms with Crippen LogP contribution in [0.2, 0.25) is 0 Å². The molecule has 4 heteroatoms. The summed E-state index contributed by atoms with van der Waals surface area (Å²) in [6.07, 6.45) is 4.49. The second-order valence-electron chi connectivity index (χ2n) is 5.05. The summed E-state index contributed by atoms with van der Waals surface area (Å²) >= 11 is 0. The van der Waals surface area contributed by atoms with Crippen molar-refractivity contribution < 1.29 is 13.2 Å². The molecule has 1 aromatic rings. The number of sulfone groups is 1. The van der Waals surface area contributed by atoms with Crippen molar-refractivity contribution in [1.82, 2.24) is 0 Å². The van der Waals surface area contributed by atoms with Crippen LogP contribution in [0.5, 0.6) is 0 Å². The minimum absolute atomic E-state index is 0.278. The quantitative estimate of drug-likeness (QED) is 0.787. The molecule has 1 aliphatic carbocycles. The third kappa shape index (κ3) is 2.48. The number of carbonyl (C=O) groups is 1. The van der Waals surface area contributed by atoms with Crippen LogP contribution < -0.4 is 0 Å². The first-order chi connectivity index (χ1) is 8.41. The largest absolute Gasteiger partial charge is 0.293 e. The van der Waals surface area contributed by atoms with Gasteiger partial charge < -0.3 is 0 Å². The molecule has 18 heavy (non-hydrogen) atoms. The summed E-state index contributed by atoms with van der Waals surface area (Å²) in [5.41, 5.74) is 1.60. The van der Waals surface area contributed by atoms with E-state index in [-0.39, 0.29) is 5.78 Å². The zero-order valence-electron chi connectivity index (χ0n) is 10.7. The number of benzene rings is 1. The predicted molar refractivity (Wildman–Crippen MR) is 71.7 cm³/mol. The van der Waals surface area contributed by atoms with E-state index in [1.165, 1.54) is 13.3 Å². The third-order valence-corrected chi connectivity index (χ3v) is 5.28. The molecule has 0 aliphatic heterocycles. The van der Waals surface area contributed by atoms with E-state index in [0.29, 0.717) is 11.5 Å². The number of Topliss-reactive ketones (excluding diaryl/α,β-unsaturated/α-hetero) is 1. The Morgan fingerprint density at radius 1 is 1.28 bits per heavy atom. The van der Waals surface area contributed by atoms with Crippen LogP contribution in [-0.2, 0) is 9.84 Å². The van der Waals surface area contributed by atoms with Gasteiger partial charge in [-0.25, -0.2) is 8.42 Å². The second kappa shape index (κ2) is 4.84. The SMILES string of the molecule is CC(C(=O)c1ccccc1C1CCC1)S(C)(=O)=O. The van der Waals surface area contributed by atoms with E-state index in [9.17, 15) is 13.2 Å². The molecular weight excluding hydrogens is 248 g/mol. The van der Waals surface area contributed by atoms with Crippen LogP contribution in [0, 0.1) is 0 Å². The average Bonchev–Trinajstić information content (AvgIpc) is 2.24. The van der Waals surface area contributed by atoms with Gasteiger partial charge in [0.15, 0.2) is 15.6 Å². The zero-order chi connectivity index (χ0) is 13.3. The molecule has 0 amide bonds. The lowest BCUT2D eigenvalue weighted by molar-refractivity contribution is 0.0989. The van der Waals surface area contributed by atoms with Crippen LogP contribution >= 0.6 is 0 Å². The third-order valence-electron chi connectivity index (χ3n) is 3.78. The van der Waals surface area contributed by atoms with Gasteiger partial charge in [-0.15, -0.1) is 0 Å². The Balaban J connectivity index is 2.36. The van der Waals surface area contributed by atoms with Crippen LogP contribution in [0.1, 0.15) is 48.0 Å². The highest BCUT2D eigenvalue weighted by molar-refractivity contribution is 7.92. The molecule has 0 heterocycles. The van der Waals surface area contributed by atoms with Gasteiger partial charge in [0.05, 0.1) is 0 Å². The van der Waals surface area contributed by atoms with Gasteiger partial charge >= 0.3 is 0 Å². The Labute approximate surface area is 108 Å². The summed E-state index contributed by atoms with van der Waals surface area (Å²) in [5.74, 6) is 0.150. The molecule has 1 fully saturated rings. The standard InChI is InChI=1S/C14H18O3S/c1-10(18(2,16)17)14(15)13-9-4-3-8-12(13)11-6-5-7-11/h3-4,8-11H,5-7H2,1-2H3. The molecular formula is C14H18O3S. The number of rotatable bonds is 4. The fourth-order valence-electron chi connectivity index (χ4n) is 2.21. The summed E-state index contributed by atoms with van der Waals surface area (Å²) in [5, 5.41) is -0.960. The fraction of sp³-hybridized carbons (Fsp3) is 0.500. The van der Waals surface area contributed by atoms with Crippen molar-refractivity contribution in [2.24, 2.45) is 0 Å². The molecule has 1 aromatic carbocycles. The van der Waals surface area contributed by atoms with E-state index in [0.717, 1.165) is 24.7 Å². The van der Waals surface area contributed by atoms with Crippen LogP contribution in [0.4, 0.5) is 0 Å². The maximum absolute atomic E-state index is 12.3. The molecule has 0 bridgehead atoms. The summed E-state index contributed by atoms with van der Waals surface area (Å²) in [7, 11) is -3.33. The summed E-state index contributed by atoms with van der Waals surface area (Å²) < 4.78 is 23.0. The highest BCUT2D eigenvalue weighted by Crippen LogP contribution is 2.38. The molecule has 0 saturated heterocycles. The molecule has 0 radical (unpaired) electrons. The molecule has 0 N–H and O–H groups in total. The Morgan fingerprint density at radius 3 is 2.39 bits per heavy atom. The molecule has 1 unspecified atom stereocenters. The zero-order valence-corrected chi connectivity index (χ0v) is 11.5. The van der Waals surface area contributed by atoms with Gasteiger partial charge in [-0.1, -0.05) is 30.7 Å². The van der Waals surface area contributed by atoms with Crippen molar-refractivity contribution in [2.45, 2.75) is 37.4 Å². The van der Waals surface area contributed by atoms with Crippen molar-refractivity contribution in [3.63, 3.8) is 0 Å². The molecule has 0 aromatic heterocycles. The lowest BCUT2D eigenvalue weighted by Gasteiger charge is -2.28. The van der Waals surface area contributed by atoms with Gasteiger partial charge in [-0.05, 0) is 31.2 Å². The van der Waals surface area contributed by atoms with Gasteiger partial charge in [0.25, 0.3) is 0 Å². The predicted octanol–water partition coefficient (Wildman–Crippen LogP) is 2.57. The van der Waals surface area contributed by atoms with Crippen molar-refractivity contribution >= 4 is 15.6 Å². The number of ketones is 1. The van der Waals surface area contributed by atoms with Crippen LogP contribution in [0.15, 0.2) is 24.3 Å². The highest BCUT2D eigenvalue weighted by atomic mass is 32.2. The fourth-order valence-corrected chi connectivity index (χ4v) is 2.73. The Kier molecular flexibility index (Phi) is 3.57. The number of carbonyl (C=O) groups excluding carboxylic acids is 1. The van der Waals surface area contributed by atoms with Crippen molar-refractivity contribution in [1.29, 1.82) is 0 Å². The van der Waals surface area contributed by atoms with Crippen LogP contribution in [0.25, 0.3) is 0 Å². The van der Waals surface area contributed by atoms with Crippen LogP contribution in [-0.4, -0.2) is 25.7 Å². The van der Waals surface area contributed by atoms with Crippen molar-refractivity contribution in [3.8, 4) is 0 Å². The number of hydrogen-bond donors (Lipinski definition) is 0. The molecule has 1 saturated carbocycles. The summed E-state index contributed by atoms with van der Waals surface area (Å²) in [6.45, 7) is 1.47. The minimum atomic E-state index is -3.33. The van der Waals surface area contributed by atoms with E-state index in [4.69, 9.17) is 0 Å². The van der Waals surface area contributed by atoms with Crippen LogP contribution in [0.3, 0.4) is 0 Å². The van der Waals surface area contributed by atoms with Gasteiger partial charge in [-0.2, -0.15) is 0 Å². The molecule has 1 aliphatic rings. The maximum Gasteiger partial charge on any atom is 0.180 e. The normalized spacial score (nSPS) is 18.1. The average molecular weight is 266 g/mol. The molecule has 1 atom stereocenters. The van der Waals surface area contributed by atoms with E-state index in [1.54, 1.807) is 12.1 Å². The maximum atomic E-state index is 12.3. The Bertz CT molecular complexity index is 556. The van der Waals surface area contributed by atoms with Gasteiger partial charge in [0.1, 0.15) is 5.25 Å². The van der Waals surface area contributed by atoms with Gasteiger partial charge in [0.2, 0.25) is 0 Å². The van der Waals surface area contributed by atoms with E-state index < -0.39 is 15.1 Å². The second-order valence-corrected chi connectivity index (χ2v) is 7.42. The first-order valence-electron chi connectivity index (χ1n) is 6.23. The smallest absolute Gasteiger partial charge is 0.180 e. The lowest BCUT2D eigenvalue weighted by Crippen LogP contribution is -2.28. The summed E-state index contributed by atoms with van der Waals surface area (Å²) in [6, 6.07) is 7.41. The Morgan fingerprint density at radius 2 is 1.89 bits per heavy atom. The molecule has 3 nitrogen and oxygen atoms in total. The molecule has 2 rings (SSSR count). The monoisotopic (exact) mass is 266 g/mol. The Hall–Kier alpha value is -1.16. The van der Waals surface area contributed by atoms with Gasteiger partial charge in [-0.3, -0.25) is 4.79 Å². The minimum Gasteiger partial charge on any atom is -0.293 e. The first kappa shape index (κ1) is 13.3. The van der Waals surface area contributed by atoms with E-state index >= 15 is 0 Å². The summed E-state index contributed by atoms with van der Waals surface area (Å²) in [4.78, 5) is 12.3. The lowest BCUT2D eigenvalue weighted by atomic mass is 9.77. The van der Waals surface area contributed by atoms with Crippen molar-refractivity contribution in [3.05, 3.63) is 35.4 Å². The first-order valence-corrected chi connectivity index (χ1v) is 8.18.